The van der Waals surface area contributed by atoms with Gasteiger partial charge in [-0.2, -0.15) is 0 Å². The van der Waals surface area contributed by atoms with Gasteiger partial charge in [-0.1, -0.05) is 30.3 Å². The third kappa shape index (κ3) is 1.84. The molecule has 0 saturated heterocycles. The minimum Gasteiger partial charge on any atom is -0.494 e. The minimum absolute atomic E-state index is 0.0437. The van der Waals surface area contributed by atoms with Gasteiger partial charge in [-0.25, -0.2) is 4.39 Å². The number of methoxy groups -OCH3 is 1. The summed E-state index contributed by atoms with van der Waals surface area (Å²) in [6, 6.07) is 12.7. The number of benzene rings is 2. The fraction of sp³-hybridized carbons (Fsp3) is 0.0769. The van der Waals surface area contributed by atoms with E-state index in [-0.39, 0.29) is 5.69 Å². The molecule has 0 aliphatic heterocycles. The van der Waals surface area contributed by atoms with Gasteiger partial charge in [-0.05, 0) is 23.3 Å². The monoisotopic (exact) mass is 217 g/mol. The molecule has 0 atom stereocenters. The molecule has 0 heterocycles. The molecule has 0 bridgehead atoms. The van der Waals surface area contributed by atoms with Gasteiger partial charge in [0.2, 0.25) is 0 Å². The minimum atomic E-state index is -0.460. The maximum Gasteiger partial charge on any atom is 0.150 e. The van der Waals surface area contributed by atoms with E-state index in [9.17, 15) is 4.39 Å². The first-order valence-electron chi connectivity index (χ1n) is 4.91. The van der Waals surface area contributed by atoms with Gasteiger partial charge in [0, 0.05) is 0 Å². The van der Waals surface area contributed by atoms with Crippen LogP contribution in [0.2, 0.25) is 0 Å². The average molecular weight is 217 g/mol. The second-order valence-corrected chi connectivity index (χ2v) is 3.44. The lowest BCUT2D eigenvalue weighted by Gasteiger charge is -2.08. The van der Waals surface area contributed by atoms with Crippen molar-refractivity contribution in [3.05, 3.63) is 48.3 Å². The largest absolute Gasteiger partial charge is 0.494 e. The van der Waals surface area contributed by atoms with Crippen LogP contribution in [-0.4, -0.2) is 7.11 Å². The van der Waals surface area contributed by atoms with E-state index in [0.29, 0.717) is 5.75 Å². The van der Waals surface area contributed by atoms with Gasteiger partial charge in [-0.15, -0.1) is 0 Å². The van der Waals surface area contributed by atoms with Crippen molar-refractivity contribution < 1.29 is 9.13 Å². The summed E-state index contributed by atoms with van der Waals surface area (Å²) in [5.41, 5.74) is 7.27. The van der Waals surface area contributed by atoms with Gasteiger partial charge in [-0.3, -0.25) is 0 Å². The molecule has 0 fully saturated rings. The molecular formula is C13H12FNO. The van der Waals surface area contributed by atoms with E-state index in [4.69, 9.17) is 10.5 Å². The van der Waals surface area contributed by atoms with E-state index in [0.717, 1.165) is 11.1 Å². The molecule has 3 heteroatoms. The molecule has 0 aliphatic carbocycles. The Kier molecular flexibility index (Phi) is 2.77. The number of nitrogen functional groups attached to an aromatic ring is 1. The van der Waals surface area contributed by atoms with Crippen LogP contribution < -0.4 is 10.5 Å². The van der Waals surface area contributed by atoms with Crippen LogP contribution in [-0.2, 0) is 0 Å². The van der Waals surface area contributed by atoms with Gasteiger partial charge in [0.25, 0.3) is 0 Å². The number of hydrogen-bond acceptors (Lipinski definition) is 2. The Morgan fingerprint density at radius 1 is 1.06 bits per heavy atom. The first kappa shape index (κ1) is 10.5. The lowest BCUT2D eigenvalue weighted by Crippen LogP contribution is -1.96. The molecule has 2 N–H and O–H groups in total. The van der Waals surface area contributed by atoms with Crippen molar-refractivity contribution in [3.8, 4) is 16.9 Å². The second-order valence-electron chi connectivity index (χ2n) is 3.44. The maximum atomic E-state index is 13.5. The SMILES string of the molecule is COc1cc(-c2ccccc2)cc(F)c1N. The van der Waals surface area contributed by atoms with Crippen LogP contribution in [0.3, 0.4) is 0 Å². The highest BCUT2D eigenvalue weighted by molar-refractivity contribution is 5.70. The van der Waals surface area contributed by atoms with E-state index in [1.54, 1.807) is 6.07 Å². The summed E-state index contributed by atoms with van der Waals surface area (Å²) in [4.78, 5) is 0. The van der Waals surface area contributed by atoms with E-state index in [1.807, 2.05) is 30.3 Å². The van der Waals surface area contributed by atoms with Crippen LogP contribution >= 0.6 is 0 Å². The molecule has 2 aromatic rings. The Labute approximate surface area is 93.5 Å². The van der Waals surface area contributed by atoms with Crippen LogP contribution in [0.5, 0.6) is 5.75 Å². The van der Waals surface area contributed by atoms with Crippen molar-refractivity contribution in [1.29, 1.82) is 0 Å². The Hall–Kier alpha value is -2.03. The third-order valence-corrected chi connectivity index (χ3v) is 2.42. The lowest BCUT2D eigenvalue weighted by molar-refractivity contribution is 0.414. The summed E-state index contributed by atoms with van der Waals surface area (Å²) in [5.74, 6) is -0.0999. The predicted octanol–water partition coefficient (Wildman–Crippen LogP) is 3.08. The number of anilines is 1. The smallest absolute Gasteiger partial charge is 0.150 e. The molecular weight excluding hydrogens is 205 g/mol. The summed E-state index contributed by atoms with van der Waals surface area (Å²) >= 11 is 0. The van der Waals surface area contributed by atoms with E-state index in [1.165, 1.54) is 13.2 Å². The van der Waals surface area contributed by atoms with Crippen LogP contribution in [0.4, 0.5) is 10.1 Å². The number of hydrogen-bond donors (Lipinski definition) is 1. The standard InChI is InChI=1S/C13H12FNO/c1-16-12-8-10(7-11(14)13(12)15)9-5-3-2-4-6-9/h2-8H,15H2,1H3. The van der Waals surface area contributed by atoms with E-state index < -0.39 is 5.82 Å². The second kappa shape index (κ2) is 4.23. The van der Waals surface area contributed by atoms with Crippen molar-refractivity contribution in [2.45, 2.75) is 0 Å². The Bertz CT molecular complexity index is 497. The molecule has 0 aliphatic rings. The summed E-state index contributed by atoms with van der Waals surface area (Å²) in [6.07, 6.45) is 0. The molecule has 0 amide bonds. The molecule has 0 unspecified atom stereocenters. The molecule has 2 aromatic carbocycles. The van der Waals surface area contributed by atoms with Gasteiger partial charge < -0.3 is 10.5 Å². The Morgan fingerprint density at radius 3 is 2.38 bits per heavy atom. The van der Waals surface area contributed by atoms with Gasteiger partial charge >= 0.3 is 0 Å². The van der Waals surface area contributed by atoms with Crippen LogP contribution in [0.1, 0.15) is 0 Å². The van der Waals surface area contributed by atoms with Gasteiger partial charge in [0.05, 0.1) is 7.11 Å². The normalized spacial score (nSPS) is 10.1. The van der Waals surface area contributed by atoms with E-state index >= 15 is 0 Å². The highest BCUT2D eigenvalue weighted by Crippen LogP contribution is 2.31. The van der Waals surface area contributed by atoms with E-state index in [2.05, 4.69) is 0 Å². The number of rotatable bonds is 2. The highest BCUT2D eigenvalue weighted by Gasteiger charge is 2.09. The molecule has 82 valence electrons. The zero-order chi connectivity index (χ0) is 11.5. The lowest BCUT2D eigenvalue weighted by atomic mass is 10.0. The third-order valence-electron chi connectivity index (χ3n) is 2.42. The van der Waals surface area contributed by atoms with Gasteiger partial charge in [0.1, 0.15) is 11.4 Å². The molecule has 2 rings (SSSR count). The van der Waals surface area contributed by atoms with Gasteiger partial charge in [0.15, 0.2) is 5.82 Å². The average Bonchev–Trinajstić information content (AvgIpc) is 2.33. The van der Waals surface area contributed by atoms with Crippen molar-refractivity contribution in [2.75, 3.05) is 12.8 Å². The highest BCUT2D eigenvalue weighted by atomic mass is 19.1. The van der Waals surface area contributed by atoms with Crippen molar-refractivity contribution in [1.82, 2.24) is 0 Å². The molecule has 0 spiro atoms. The number of ether oxygens (including phenoxy) is 1. The fourth-order valence-corrected chi connectivity index (χ4v) is 1.56. The maximum absolute atomic E-state index is 13.5. The number of halogens is 1. The molecule has 0 aromatic heterocycles. The van der Waals surface area contributed by atoms with Crippen molar-refractivity contribution in [2.24, 2.45) is 0 Å². The fourth-order valence-electron chi connectivity index (χ4n) is 1.56. The van der Waals surface area contributed by atoms with Crippen LogP contribution in [0.25, 0.3) is 11.1 Å². The Morgan fingerprint density at radius 2 is 1.75 bits per heavy atom. The zero-order valence-corrected chi connectivity index (χ0v) is 8.91. The Balaban J connectivity index is 2.55. The molecule has 0 saturated carbocycles. The summed E-state index contributed by atoms with van der Waals surface area (Å²) in [7, 11) is 1.47. The molecule has 0 radical (unpaired) electrons. The summed E-state index contributed by atoms with van der Waals surface area (Å²) < 4.78 is 18.5. The number of nitrogens with two attached hydrogens (primary N) is 1. The predicted molar refractivity (Wildman–Crippen MR) is 62.8 cm³/mol. The van der Waals surface area contributed by atoms with Crippen molar-refractivity contribution in [3.63, 3.8) is 0 Å². The van der Waals surface area contributed by atoms with Crippen molar-refractivity contribution >= 4 is 5.69 Å². The van der Waals surface area contributed by atoms with Crippen LogP contribution in [0, 0.1) is 5.82 Å². The topological polar surface area (TPSA) is 35.2 Å². The summed E-state index contributed by atoms with van der Waals surface area (Å²) in [6.45, 7) is 0. The molecule has 2 nitrogen and oxygen atoms in total. The summed E-state index contributed by atoms with van der Waals surface area (Å²) in [5, 5.41) is 0. The quantitative estimate of drug-likeness (QED) is 0.784. The molecule has 16 heavy (non-hydrogen) atoms. The van der Waals surface area contributed by atoms with Crippen LogP contribution in [0.15, 0.2) is 42.5 Å². The first-order chi connectivity index (χ1) is 7.72. The zero-order valence-electron chi connectivity index (χ0n) is 8.91. The first-order valence-corrected chi connectivity index (χ1v) is 4.91.